The molecule has 0 spiro atoms. The van der Waals surface area contributed by atoms with E-state index in [4.69, 9.17) is 9.47 Å². The second-order valence-corrected chi connectivity index (χ2v) is 7.29. The molecule has 1 N–H and O–H groups in total. The Morgan fingerprint density at radius 2 is 1.54 bits per heavy atom. The monoisotopic (exact) mass is 371 g/mol. The Balaban J connectivity index is 1.98. The standard InChI is InChI=1S/C20H21NO4S/c1-3-24-19-13-12-16(14-20(19)25-4-2)26(22,23)21-18-11-7-9-15-8-5-6-10-17(15)18/h5-14,21H,3-4H2,1-2H3. The van der Waals surface area contributed by atoms with Crippen molar-refractivity contribution < 1.29 is 17.9 Å². The maximum Gasteiger partial charge on any atom is 0.262 e. The topological polar surface area (TPSA) is 64.6 Å². The number of hydrogen-bond acceptors (Lipinski definition) is 4. The van der Waals surface area contributed by atoms with Crippen LogP contribution in [-0.2, 0) is 10.0 Å². The molecule has 26 heavy (non-hydrogen) atoms. The smallest absolute Gasteiger partial charge is 0.262 e. The number of benzene rings is 3. The first kappa shape index (κ1) is 18.1. The lowest BCUT2D eigenvalue weighted by Gasteiger charge is -2.14. The molecule has 0 aliphatic carbocycles. The number of hydrogen-bond donors (Lipinski definition) is 1. The Morgan fingerprint density at radius 1 is 0.846 bits per heavy atom. The quantitative estimate of drug-likeness (QED) is 0.667. The van der Waals surface area contributed by atoms with Crippen molar-refractivity contribution in [3.8, 4) is 11.5 Å². The minimum absolute atomic E-state index is 0.123. The summed E-state index contributed by atoms with van der Waals surface area (Å²) in [5.74, 6) is 0.939. The van der Waals surface area contributed by atoms with E-state index in [-0.39, 0.29) is 4.90 Å². The van der Waals surface area contributed by atoms with Crippen molar-refractivity contribution in [2.24, 2.45) is 0 Å². The molecule has 0 heterocycles. The lowest BCUT2D eigenvalue weighted by Crippen LogP contribution is -2.13. The fourth-order valence-corrected chi connectivity index (χ4v) is 3.81. The third-order valence-corrected chi connectivity index (χ3v) is 5.22. The van der Waals surface area contributed by atoms with Crippen LogP contribution in [0.4, 0.5) is 5.69 Å². The molecule has 6 heteroatoms. The highest BCUT2D eigenvalue weighted by molar-refractivity contribution is 7.92. The molecular formula is C20H21NO4S. The van der Waals surface area contributed by atoms with E-state index in [2.05, 4.69) is 4.72 Å². The molecule has 3 aromatic carbocycles. The predicted molar refractivity (Wildman–Crippen MR) is 104 cm³/mol. The molecule has 0 atom stereocenters. The van der Waals surface area contributed by atoms with Gasteiger partial charge in [-0.1, -0.05) is 36.4 Å². The lowest BCUT2D eigenvalue weighted by molar-refractivity contribution is 0.287. The second kappa shape index (κ2) is 7.66. The number of sulfonamides is 1. The number of anilines is 1. The van der Waals surface area contributed by atoms with Gasteiger partial charge in [0.25, 0.3) is 10.0 Å². The first-order valence-electron chi connectivity index (χ1n) is 8.45. The van der Waals surface area contributed by atoms with Crippen LogP contribution in [0.2, 0.25) is 0 Å². The Labute approximate surface area is 153 Å². The molecule has 0 unspecified atom stereocenters. The van der Waals surface area contributed by atoms with Gasteiger partial charge in [-0.15, -0.1) is 0 Å². The van der Waals surface area contributed by atoms with E-state index in [9.17, 15) is 8.42 Å². The van der Waals surface area contributed by atoms with Crippen molar-refractivity contribution in [1.29, 1.82) is 0 Å². The zero-order valence-corrected chi connectivity index (χ0v) is 15.5. The van der Waals surface area contributed by atoms with Crippen LogP contribution < -0.4 is 14.2 Å². The number of fused-ring (bicyclic) bond motifs is 1. The minimum Gasteiger partial charge on any atom is -0.490 e. The summed E-state index contributed by atoms with van der Waals surface area (Å²) in [6.07, 6.45) is 0. The van der Waals surface area contributed by atoms with Gasteiger partial charge in [0.05, 0.1) is 23.8 Å². The zero-order chi connectivity index (χ0) is 18.6. The highest BCUT2D eigenvalue weighted by Crippen LogP contribution is 2.32. The molecule has 136 valence electrons. The summed E-state index contributed by atoms with van der Waals surface area (Å²) in [7, 11) is -3.76. The third kappa shape index (κ3) is 3.75. The Bertz CT molecular complexity index is 1010. The molecule has 3 rings (SSSR count). The average Bonchev–Trinajstić information content (AvgIpc) is 2.63. The molecule has 0 fully saturated rings. The van der Waals surface area contributed by atoms with Gasteiger partial charge in [0.1, 0.15) is 0 Å². The van der Waals surface area contributed by atoms with E-state index in [0.717, 1.165) is 10.8 Å². The highest BCUT2D eigenvalue weighted by atomic mass is 32.2. The summed E-state index contributed by atoms with van der Waals surface area (Å²) in [4.78, 5) is 0.123. The van der Waals surface area contributed by atoms with Crippen molar-refractivity contribution in [2.75, 3.05) is 17.9 Å². The summed E-state index contributed by atoms with van der Waals surface area (Å²) >= 11 is 0. The van der Waals surface area contributed by atoms with E-state index in [1.54, 1.807) is 12.1 Å². The fraction of sp³-hybridized carbons (Fsp3) is 0.200. The number of ether oxygens (including phenoxy) is 2. The van der Waals surface area contributed by atoms with Crippen LogP contribution in [0.1, 0.15) is 13.8 Å². The van der Waals surface area contributed by atoms with Gasteiger partial charge >= 0.3 is 0 Å². The summed E-state index contributed by atoms with van der Waals surface area (Å²) in [5, 5.41) is 1.81. The van der Waals surface area contributed by atoms with Crippen molar-refractivity contribution in [2.45, 2.75) is 18.7 Å². The van der Waals surface area contributed by atoms with E-state index in [1.165, 1.54) is 12.1 Å². The van der Waals surface area contributed by atoms with Crippen LogP contribution in [0.25, 0.3) is 10.8 Å². The first-order chi connectivity index (χ1) is 12.5. The van der Waals surface area contributed by atoms with Crippen LogP contribution in [0.5, 0.6) is 11.5 Å². The Kier molecular flexibility index (Phi) is 5.32. The predicted octanol–water partition coefficient (Wildman–Crippen LogP) is 4.44. The average molecular weight is 371 g/mol. The number of nitrogens with one attached hydrogen (secondary N) is 1. The molecule has 0 aliphatic rings. The third-order valence-electron chi connectivity index (χ3n) is 3.86. The van der Waals surface area contributed by atoms with Gasteiger partial charge < -0.3 is 9.47 Å². The van der Waals surface area contributed by atoms with Gasteiger partial charge in [-0.3, -0.25) is 4.72 Å². The maximum absolute atomic E-state index is 12.9. The summed E-state index contributed by atoms with van der Waals surface area (Å²) in [6.45, 7) is 4.59. The van der Waals surface area contributed by atoms with Crippen molar-refractivity contribution in [3.63, 3.8) is 0 Å². The van der Waals surface area contributed by atoms with E-state index >= 15 is 0 Å². The molecule has 0 aromatic heterocycles. The van der Waals surface area contributed by atoms with Gasteiger partial charge in [-0.2, -0.15) is 0 Å². The van der Waals surface area contributed by atoms with E-state index in [0.29, 0.717) is 30.4 Å². The molecule has 0 aliphatic heterocycles. The summed E-state index contributed by atoms with van der Waals surface area (Å²) in [6, 6.07) is 17.8. The van der Waals surface area contributed by atoms with Crippen LogP contribution >= 0.6 is 0 Å². The van der Waals surface area contributed by atoms with E-state index < -0.39 is 10.0 Å². The fourth-order valence-electron chi connectivity index (χ4n) is 2.72. The summed E-state index contributed by atoms with van der Waals surface area (Å²) in [5.41, 5.74) is 0.537. The molecule has 5 nitrogen and oxygen atoms in total. The molecule has 0 radical (unpaired) electrons. The first-order valence-corrected chi connectivity index (χ1v) is 9.93. The summed E-state index contributed by atoms with van der Waals surface area (Å²) < 4.78 is 39.4. The molecule has 0 saturated carbocycles. The van der Waals surface area contributed by atoms with Gasteiger partial charge in [-0.25, -0.2) is 8.42 Å². The number of rotatable bonds is 7. The Hall–Kier alpha value is -2.73. The SMILES string of the molecule is CCOc1ccc(S(=O)(=O)Nc2cccc3ccccc23)cc1OCC. The zero-order valence-electron chi connectivity index (χ0n) is 14.7. The van der Waals surface area contributed by atoms with Gasteiger partial charge in [-0.05, 0) is 37.4 Å². The maximum atomic E-state index is 12.9. The van der Waals surface area contributed by atoms with Gasteiger partial charge in [0.15, 0.2) is 11.5 Å². The van der Waals surface area contributed by atoms with Gasteiger partial charge in [0, 0.05) is 11.5 Å². The second-order valence-electron chi connectivity index (χ2n) is 5.61. The Morgan fingerprint density at radius 3 is 2.31 bits per heavy atom. The molecule has 0 amide bonds. The lowest BCUT2D eigenvalue weighted by atomic mass is 10.1. The van der Waals surface area contributed by atoms with Crippen molar-refractivity contribution in [1.82, 2.24) is 0 Å². The van der Waals surface area contributed by atoms with E-state index in [1.807, 2.05) is 50.2 Å². The van der Waals surface area contributed by atoms with Gasteiger partial charge in [0.2, 0.25) is 0 Å². The van der Waals surface area contributed by atoms with Crippen LogP contribution in [-0.4, -0.2) is 21.6 Å². The highest BCUT2D eigenvalue weighted by Gasteiger charge is 2.18. The molecule has 0 bridgehead atoms. The molecular weight excluding hydrogens is 350 g/mol. The normalized spacial score (nSPS) is 11.3. The van der Waals surface area contributed by atoms with Crippen LogP contribution in [0, 0.1) is 0 Å². The molecule has 3 aromatic rings. The largest absolute Gasteiger partial charge is 0.490 e. The van der Waals surface area contributed by atoms with Crippen LogP contribution in [0.15, 0.2) is 65.6 Å². The van der Waals surface area contributed by atoms with Crippen molar-refractivity contribution >= 4 is 26.5 Å². The van der Waals surface area contributed by atoms with Crippen molar-refractivity contribution in [3.05, 3.63) is 60.7 Å². The minimum atomic E-state index is -3.76. The molecule has 0 saturated heterocycles. The van der Waals surface area contributed by atoms with Crippen LogP contribution in [0.3, 0.4) is 0 Å².